The van der Waals surface area contributed by atoms with Crippen molar-refractivity contribution in [2.45, 2.75) is 18.5 Å². The zero-order valence-electron chi connectivity index (χ0n) is 13.4. The number of nitrogens with zero attached hydrogens (tertiary/aromatic N) is 2. The Morgan fingerprint density at radius 1 is 1.25 bits per heavy atom. The number of hydrogen-bond acceptors (Lipinski definition) is 5. The number of carbonyl (C=O) groups excluding carboxylic acids is 1. The predicted octanol–water partition coefficient (Wildman–Crippen LogP) is 3.70. The fourth-order valence-corrected chi connectivity index (χ4v) is 2.79. The Bertz CT molecular complexity index is 843. The number of nitrogens with one attached hydrogen (secondary N) is 1. The van der Waals surface area contributed by atoms with E-state index in [1.165, 1.54) is 17.3 Å². The summed E-state index contributed by atoms with van der Waals surface area (Å²) in [5.74, 6) is 0.512. The van der Waals surface area contributed by atoms with Gasteiger partial charge in [-0.1, -0.05) is 35.0 Å². The van der Waals surface area contributed by atoms with Gasteiger partial charge in [-0.25, -0.2) is 4.98 Å². The quantitative estimate of drug-likeness (QED) is 0.718. The van der Waals surface area contributed by atoms with Crippen LogP contribution in [0.25, 0.3) is 11.3 Å². The van der Waals surface area contributed by atoms with E-state index in [9.17, 15) is 4.79 Å². The van der Waals surface area contributed by atoms with Gasteiger partial charge in [0.1, 0.15) is 10.7 Å². The van der Waals surface area contributed by atoms with Crippen LogP contribution in [0.3, 0.4) is 0 Å². The van der Waals surface area contributed by atoms with E-state index >= 15 is 0 Å². The van der Waals surface area contributed by atoms with Crippen molar-refractivity contribution in [1.82, 2.24) is 15.5 Å². The van der Waals surface area contributed by atoms with Crippen LogP contribution < -0.4 is 5.32 Å². The molecular weight excluding hydrogens is 322 g/mol. The van der Waals surface area contributed by atoms with E-state index in [4.69, 9.17) is 4.52 Å². The van der Waals surface area contributed by atoms with Crippen molar-refractivity contribution in [3.8, 4) is 11.3 Å². The lowest BCUT2D eigenvalue weighted by Gasteiger charge is -2.06. The zero-order chi connectivity index (χ0) is 16.9. The van der Waals surface area contributed by atoms with Crippen LogP contribution in [-0.2, 0) is 6.54 Å². The molecule has 3 aromatic rings. The van der Waals surface area contributed by atoms with E-state index in [-0.39, 0.29) is 5.91 Å². The Labute approximate surface area is 144 Å². The third-order valence-corrected chi connectivity index (χ3v) is 4.25. The molecule has 24 heavy (non-hydrogen) atoms. The largest absolute Gasteiger partial charge is 0.356 e. The van der Waals surface area contributed by atoms with Crippen LogP contribution in [0.2, 0.25) is 0 Å². The predicted molar refractivity (Wildman–Crippen MR) is 93.9 cm³/mol. The maximum absolute atomic E-state index is 12.3. The first-order valence-corrected chi connectivity index (χ1v) is 8.69. The van der Waals surface area contributed by atoms with E-state index in [0.29, 0.717) is 28.6 Å². The lowest BCUT2D eigenvalue weighted by atomic mass is 10.1. The van der Waals surface area contributed by atoms with Gasteiger partial charge in [0.25, 0.3) is 5.91 Å². The Morgan fingerprint density at radius 2 is 2.04 bits per heavy atom. The lowest BCUT2D eigenvalue weighted by Crippen LogP contribution is -2.23. The summed E-state index contributed by atoms with van der Waals surface area (Å²) in [7, 11) is 0. The fourth-order valence-electron chi connectivity index (χ4n) is 2.24. The molecule has 0 unspecified atom stereocenters. The molecule has 2 aromatic heterocycles. The van der Waals surface area contributed by atoms with Gasteiger partial charge in [0.05, 0.1) is 12.1 Å². The number of benzene rings is 1. The highest BCUT2D eigenvalue weighted by Crippen LogP contribution is 2.21. The number of carbonyl (C=O) groups is 1. The Morgan fingerprint density at radius 3 is 2.79 bits per heavy atom. The van der Waals surface area contributed by atoms with Gasteiger partial charge in [-0.2, -0.15) is 0 Å². The van der Waals surface area contributed by atoms with Gasteiger partial charge in [0.2, 0.25) is 0 Å². The first kappa shape index (κ1) is 16.3. The van der Waals surface area contributed by atoms with Gasteiger partial charge in [-0.05, 0) is 25.3 Å². The average Bonchev–Trinajstić information content (AvgIpc) is 3.09. The second-order valence-corrected chi connectivity index (χ2v) is 6.09. The molecule has 5 nitrogen and oxygen atoms in total. The van der Waals surface area contributed by atoms with Crippen molar-refractivity contribution >= 4 is 17.7 Å². The molecule has 0 aliphatic heterocycles. The maximum Gasteiger partial charge on any atom is 0.254 e. The van der Waals surface area contributed by atoms with E-state index in [0.717, 1.165) is 5.56 Å². The summed E-state index contributed by atoms with van der Waals surface area (Å²) in [6.07, 6.45) is 3.57. The number of amides is 1. The highest BCUT2D eigenvalue weighted by atomic mass is 32.2. The molecule has 0 saturated carbocycles. The van der Waals surface area contributed by atoms with Crippen molar-refractivity contribution in [2.75, 3.05) is 6.26 Å². The summed E-state index contributed by atoms with van der Waals surface area (Å²) in [5.41, 5.74) is 3.38. The molecular formula is C18H17N3O2S. The molecule has 0 saturated heterocycles. The van der Waals surface area contributed by atoms with Crippen LogP contribution in [0.15, 0.2) is 58.2 Å². The molecule has 0 fully saturated rings. The molecule has 6 heteroatoms. The third-order valence-electron chi connectivity index (χ3n) is 3.53. The molecule has 2 heterocycles. The summed E-state index contributed by atoms with van der Waals surface area (Å²) in [5, 5.41) is 7.57. The Hall–Kier alpha value is -2.60. The molecule has 122 valence electrons. The number of pyridine rings is 1. The molecule has 0 radical (unpaired) electrons. The second kappa shape index (κ2) is 7.31. The van der Waals surface area contributed by atoms with Crippen molar-refractivity contribution < 1.29 is 9.32 Å². The van der Waals surface area contributed by atoms with Crippen LogP contribution in [0.1, 0.15) is 21.6 Å². The molecule has 1 amide bonds. The summed E-state index contributed by atoms with van der Waals surface area (Å²) in [6, 6.07) is 13.4. The minimum atomic E-state index is -0.174. The molecule has 0 atom stereocenters. The van der Waals surface area contributed by atoms with E-state index in [1.807, 2.05) is 43.5 Å². The SMILES string of the molecule is CSc1ncccc1C(=O)NCc1cc(-c2ccc(C)cc2)on1. The minimum Gasteiger partial charge on any atom is -0.356 e. The van der Waals surface area contributed by atoms with Crippen LogP contribution in [0.5, 0.6) is 0 Å². The summed E-state index contributed by atoms with van der Waals surface area (Å²) in [6.45, 7) is 2.34. The first-order valence-electron chi connectivity index (χ1n) is 7.47. The second-order valence-electron chi connectivity index (χ2n) is 5.29. The fraction of sp³-hybridized carbons (Fsp3) is 0.167. The van der Waals surface area contributed by atoms with Crippen molar-refractivity contribution in [1.29, 1.82) is 0 Å². The van der Waals surface area contributed by atoms with Gasteiger partial charge in [-0.15, -0.1) is 11.8 Å². The van der Waals surface area contributed by atoms with Gasteiger partial charge in [0, 0.05) is 17.8 Å². The molecule has 0 bridgehead atoms. The molecule has 3 rings (SSSR count). The van der Waals surface area contributed by atoms with Gasteiger partial charge >= 0.3 is 0 Å². The van der Waals surface area contributed by atoms with Crippen molar-refractivity contribution in [3.05, 3.63) is 65.5 Å². The normalized spacial score (nSPS) is 10.6. The number of hydrogen-bond donors (Lipinski definition) is 1. The zero-order valence-corrected chi connectivity index (χ0v) is 14.3. The van der Waals surface area contributed by atoms with E-state index in [2.05, 4.69) is 15.5 Å². The molecule has 0 spiro atoms. The topological polar surface area (TPSA) is 68.0 Å². The van der Waals surface area contributed by atoms with Crippen molar-refractivity contribution in [3.63, 3.8) is 0 Å². The van der Waals surface area contributed by atoms with Crippen LogP contribution in [-0.4, -0.2) is 22.3 Å². The maximum atomic E-state index is 12.3. The molecule has 0 aliphatic rings. The monoisotopic (exact) mass is 339 g/mol. The highest BCUT2D eigenvalue weighted by Gasteiger charge is 2.13. The summed E-state index contributed by atoms with van der Waals surface area (Å²) in [4.78, 5) is 16.5. The van der Waals surface area contributed by atoms with Crippen LogP contribution in [0, 0.1) is 6.92 Å². The van der Waals surface area contributed by atoms with E-state index < -0.39 is 0 Å². The molecule has 1 N–H and O–H groups in total. The number of aromatic nitrogens is 2. The van der Waals surface area contributed by atoms with E-state index in [1.54, 1.807) is 18.3 Å². The van der Waals surface area contributed by atoms with Gasteiger partial charge in [-0.3, -0.25) is 4.79 Å². The minimum absolute atomic E-state index is 0.174. The first-order chi connectivity index (χ1) is 11.7. The standard InChI is InChI=1S/C18H17N3O2S/c1-12-5-7-13(8-6-12)16-10-14(21-23-16)11-20-17(22)15-4-3-9-19-18(15)24-2/h3-10H,11H2,1-2H3,(H,20,22). The number of thioether (sulfide) groups is 1. The van der Waals surface area contributed by atoms with Crippen LogP contribution >= 0.6 is 11.8 Å². The van der Waals surface area contributed by atoms with Crippen LogP contribution in [0.4, 0.5) is 0 Å². The van der Waals surface area contributed by atoms with Gasteiger partial charge in [0.15, 0.2) is 5.76 Å². The van der Waals surface area contributed by atoms with Gasteiger partial charge < -0.3 is 9.84 Å². The lowest BCUT2D eigenvalue weighted by molar-refractivity contribution is 0.0946. The third kappa shape index (κ3) is 3.65. The summed E-state index contributed by atoms with van der Waals surface area (Å²) >= 11 is 1.44. The Kier molecular flexibility index (Phi) is 4.96. The number of aryl methyl sites for hydroxylation is 1. The summed E-state index contributed by atoms with van der Waals surface area (Å²) < 4.78 is 5.36. The Balaban J connectivity index is 1.67. The molecule has 0 aliphatic carbocycles. The average molecular weight is 339 g/mol. The number of rotatable bonds is 5. The molecule has 1 aromatic carbocycles. The van der Waals surface area contributed by atoms with Crippen molar-refractivity contribution in [2.24, 2.45) is 0 Å². The highest BCUT2D eigenvalue weighted by molar-refractivity contribution is 7.98. The smallest absolute Gasteiger partial charge is 0.254 e.